The van der Waals surface area contributed by atoms with Gasteiger partial charge in [0.2, 0.25) is 0 Å². The second kappa shape index (κ2) is 6.48. The Morgan fingerprint density at radius 1 is 1.33 bits per heavy atom. The lowest BCUT2D eigenvalue weighted by Crippen LogP contribution is -2.51. The van der Waals surface area contributed by atoms with Gasteiger partial charge in [-0.25, -0.2) is 0 Å². The van der Waals surface area contributed by atoms with Crippen LogP contribution in [0.3, 0.4) is 0 Å². The van der Waals surface area contributed by atoms with Gasteiger partial charge >= 0.3 is 0 Å². The number of aryl methyl sites for hydroxylation is 1. The van der Waals surface area contributed by atoms with E-state index in [2.05, 4.69) is 24.1 Å². The monoisotopic (exact) mass is 330 g/mol. The van der Waals surface area contributed by atoms with Gasteiger partial charge < -0.3 is 19.4 Å². The fourth-order valence-corrected chi connectivity index (χ4v) is 3.45. The van der Waals surface area contributed by atoms with Crippen LogP contribution in [0.15, 0.2) is 22.6 Å². The van der Waals surface area contributed by atoms with Crippen LogP contribution >= 0.6 is 0 Å². The molecule has 2 aromatic rings. The summed E-state index contributed by atoms with van der Waals surface area (Å²) in [5.74, 6) is 0.942. The first kappa shape index (κ1) is 16.8. The number of hydrogen-bond acceptors (Lipinski definition) is 4. The number of amides is 1. The third-order valence-corrected chi connectivity index (χ3v) is 4.62. The van der Waals surface area contributed by atoms with E-state index in [4.69, 9.17) is 9.15 Å². The number of carbonyl (C=O) groups excluding carboxylic acids is 1. The summed E-state index contributed by atoms with van der Waals surface area (Å²) in [4.78, 5) is 15.1. The van der Waals surface area contributed by atoms with Crippen molar-refractivity contribution in [1.82, 2.24) is 10.2 Å². The van der Waals surface area contributed by atoms with Crippen molar-refractivity contribution in [2.45, 2.75) is 39.2 Å². The highest BCUT2D eigenvalue weighted by Gasteiger charge is 2.28. The number of benzene rings is 1. The van der Waals surface area contributed by atoms with Crippen molar-refractivity contribution in [3.63, 3.8) is 0 Å². The quantitative estimate of drug-likeness (QED) is 0.913. The minimum Gasteiger partial charge on any atom is -0.497 e. The van der Waals surface area contributed by atoms with Crippen molar-refractivity contribution in [2.24, 2.45) is 0 Å². The third kappa shape index (κ3) is 3.41. The molecule has 1 aromatic carbocycles. The summed E-state index contributed by atoms with van der Waals surface area (Å²) in [6.07, 6.45) is 2.49. The van der Waals surface area contributed by atoms with Gasteiger partial charge in [0, 0.05) is 29.1 Å². The normalized spacial score (nSPS) is 15.8. The Kier molecular flexibility index (Phi) is 4.54. The lowest BCUT2D eigenvalue weighted by Gasteiger charge is -2.30. The molecule has 1 N–H and O–H groups in total. The summed E-state index contributed by atoms with van der Waals surface area (Å²) in [6, 6.07) is 5.62. The molecule has 24 heavy (non-hydrogen) atoms. The van der Waals surface area contributed by atoms with Crippen LogP contribution in [0.1, 0.15) is 42.8 Å². The number of methoxy groups -OCH3 is 1. The summed E-state index contributed by atoms with van der Waals surface area (Å²) in [7, 11) is 1.62. The van der Waals surface area contributed by atoms with E-state index in [-0.39, 0.29) is 11.4 Å². The number of carbonyl (C=O) groups is 1. The number of fused-ring (bicyclic) bond motifs is 1. The zero-order valence-electron chi connectivity index (χ0n) is 14.9. The fraction of sp³-hybridized carbons (Fsp3) is 0.526. The maximum Gasteiger partial charge on any atom is 0.287 e. The molecule has 0 bridgehead atoms. The molecule has 0 aliphatic carbocycles. The molecule has 1 aliphatic rings. The largest absolute Gasteiger partial charge is 0.497 e. The Labute approximate surface area is 143 Å². The third-order valence-electron chi connectivity index (χ3n) is 4.62. The summed E-state index contributed by atoms with van der Waals surface area (Å²) < 4.78 is 11.0. The highest BCUT2D eigenvalue weighted by molar-refractivity contribution is 5.99. The first-order chi connectivity index (χ1) is 11.4. The number of nitrogens with one attached hydrogen (secondary N) is 1. The smallest absolute Gasteiger partial charge is 0.287 e. The summed E-state index contributed by atoms with van der Waals surface area (Å²) >= 11 is 0. The highest BCUT2D eigenvalue weighted by Crippen LogP contribution is 2.29. The minimum absolute atomic E-state index is 0.160. The van der Waals surface area contributed by atoms with Crippen LogP contribution in [-0.2, 0) is 0 Å². The van der Waals surface area contributed by atoms with Gasteiger partial charge in [0.05, 0.1) is 7.11 Å². The zero-order chi connectivity index (χ0) is 17.3. The lowest BCUT2D eigenvalue weighted by atomic mass is 10.0. The van der Waals surface area contributed by atoms with E-state index < -0.39 is 0 Å². The SMILES string of the molecule is COc1ccc2c(C)c(C(=O)NC(C)(C)CN3CCCC3)oc2c1. The van der Waals surface area contributed by atoms with Crippen LogP contribution in [0.2, 0.25) is 0 Å². The van der Waals surface area contributed by atoms with Gasteiger partial charge in [0.1, 0.15) is 11.3 Å². The second-order valence-electron chi connectivity index (χ2n) is 7.24. The van der Waals surface area contributed by atoms with Gasteiger partial charge in [-0.2, -0.15) is 0 Å². The highest BCUT2D eigenvalue weighted by atomic mass is 16.5. The average Bonchev–Trinajstić information content (AvgIpc) is 3.14. The summed E-state index contributed by atoms with van der Waals surface area (Å²) in [5.41, 5.74) is 1.24. The van der Waals surface area contributed by atoms with Crippen molar-refractivity contribution < 1.29 is 13.9 Å². The summed E-state index contributed by atoms with van der Waals surface area (Å²) in [5, 5.41) is 4.07. The number of likely N-dealkylation sites (tertiary alicyclic amines) is 1. The number of furan rings is 1. The number of nitrogens with zero attached hydrogens (tertiary/aromatic N) is 1. The molecule has 0 atom stereocenters. The van der Waals surface area contributed by atoms with Gasteiger partial charge in [-0.1, -0.05) is 0 Å². The predicted octanol–water partition coefficient (Wildman–Crippen LogP) is 3.35. The first-order valence-corrected chi connectivity index (χ1v) is 8.52. The van der Waals surface area contributed by atoms with Crippen LogP contribution < -0.4 is 10.1 Å². The molecule has 3 rings (SSSR count). The van der Waals surface area contributed by atoms with Crippen LogP contribution in [0.4, 0.5) is 0 Å². The Morgan fingerprint density at radius 2 is 2.04 bits per heavy atom. The molecular formula is C19H26N2O3. The second-order valence-corrected chi connectivity index (χ2v) is 7.24. The maximum absolute atomic E-state index is 12.7. The van der Waals surface area contributed by atoms with E-state index >= 15 is 0 Å². The van der Waals surface area contributed by atoms with Crippen molar-refractivity contribution >= 4 is 16.9 Å². The molecule has 1 amide bonds. The van der Waals surface area contributed by atoms with Gasteiger partial charge in [-0.3, -0.25) is 4.79 Å². The lowest BCUT2D eigenvalue weighted by molar-refractivity contribution is 0.0866. The molecule has 1 saturated heterocycles. The topological polar surface area (TPSA) is 54.7 Å². The van der Waals surface area contributed by atoms with Crippen LogP contribution in [0.5, 0.6) is 5.75 Å². The number of hydrogen-bond donors (Lipinski definition) is 1. The maximum atomic E-state index is 12.7. The van der Waals surface area contributed by atoms with Gasteiger partial charge in [0.25, 0.3) is 5.91 Å². The molecular weight excluding hydrogens is 304 g/mol. The Bertz CT molecular complexity index is 742. The van der Waals surface area contributed by atoms with Crippen molar-refractivity contribution in [1.29, 1.82) is 0 Å². The molecule has 5 nitrogen and oxygen atoms in total. The van der Waals surface area contributed by atoms with Crippen molar-refractivity contribution in [2.75, 3.05) is 26.7 Å². The van der Waals surface area contributed by atoms with E-state index in [1.54, 1.807) is 7.11 Å². The molecule has 130 valence electrons. The number of ether oxygens (including phenoxy) is 1. The van der Waals surface area contributed by atoms with Crippen molar-refractivity contribution in [3.05, 3.63) is 29.5 Å². The minimum atomic E-state index is -0.301. The fourth-order valence-electron chi connectivity index (χ4n) is 3.45. The van der Waals surface area contributed by atoms with E-state index in [1.807, 2.05) is 25.1 Å². The molecule has 0 spiro atoms. The molecule has 0 unspecified atom stereocenters. The van der Waals surface area contributed by atoms with E-state index in [0.717, 1.165) is 36.3 Å². The Balaban J connectivity index is 1.78. The van der Waals surface area contributed by atoms with Gasteiger partial charge in [-0.05, 0) is 58.8 Å². The van der Waals surface area contributed by atoms with Crippen LogP contribution in [0.25, 0.3) is 11.0 Å². The molecule has 2 heterocycles. The average molecular weight is 330 g/mol. The van der Waals surface area contributed by atoms with Gasteiger partial charge in [-0.15, -0.1) is 0 Å². The van der Waals surface area contributed by atoms with E-state index in [0.29, 0.717) is 11.3 Å². The van der Waals surface area contributed by atoms with E-state index in [9.17, 15) is 4.79 Å². The molecule has 0 saturated carbocycles. The van der Waals surface area contributed by atoms with Crippen LogP contribution in [-0.4, -0.2) is 43.1 Å². The predicted molar refractivity (Wildman–Crippen MR) is 94.7 cm³/mol. The number of rotatable bonds is 5. The molecule has 1 fully saturated rings. The Morgan fingerprint density at radius 3 is 2.71 bits per heavy atom. The van der Waals surface area contributed by atoms with Crippen LogP contribution in [0, 0.1) is 6.92 Å². The molecule has 5 heteroatoms. The summed E-state index contributed by atoms with van der Waals surface area (Å²) in [6.45, 7) is 9.12. The first-order valence-electron chi connectivity index (χ1n) is 8.52. The Hall–Kier alpha value is -2.01. The van der Waals surface area contributed by atoms with Gasteiger partial charge in [0.15, 0.2) is 5.76 Å². The molecule has 1 aromatic heterocycles. The standard InChI is InChI=1S/C19H26N2O3/c1-13-15-8-7-14(23-4)11-16(15)24-17(13)18(22)20-19(2,3)12-21-9-5-6-10-21/h7-8,11H,5-6,9-10,12H2,1-4H3,(H,20,22). The zero-order valence-corrected chi connectivity index (χ0v) is 14.9. The molecule has 1 aliphatic heterocycles. The van der Waals surface area contributed by atoms with Crippen molar-refractivity contribution in [3.8, 4) is 5.75 Å². The van der Waals surface area contributed by atoms with E-state index in [1.165, 1.54) is 12.8 Å². The molecule has 0 radical (unpaired) electrons.